The van der Waals surface area contributed by atoms with Crippen LogP contribution in [0.2, 0.25) is 0 Å². The lowest BCUT2D eigenvalue weighted by Crippen LogP contribution is -2.39. The summed E-state index contributed by atoms with van der Waals surface area (Å²) in [4.78, 5) is 151. The molecule has 0 fully saturated rings. The molecule has 0 radical (unpaired) electrons. The maximum atomic E-state index is 13.4. The molecule has 42 heteroatoms. The summed E-state index contributed by atoms with van der Waals surface area (Å²) in [5.41, 5.74) is 15.5. The number of halogens is 2. The summed E-state index contributed by atoms with van der Waals surface area (Å²) in [5, 5.41) is 16.2. The van der Waals surface area contributed by atoms with Crippen LogP contribution >= 0.6 is 51.9 Å². The van der Waals surface area contributed by atoms with Crippen molar-refractivity contribution in [1.82, 2.24) is 133 Å². The van der Waals surface area contributed by atoms with Gasteiger partial charge in [0.15, 0.2) is 50.4 Å². The van der Waals surface area contributed by atoms with Crippen molar-refractivity contribution in [2.45, 2.75) is 286 Å². The molecule has 0 spiro atoms. The number of nitrogens with zero attached hydrogens (tertiary/aromatic N) is 25. The van der Waals surface area contributed by atoms with Gasteiger partial charge < -0.3 is 41.0 Å². The Morgan fingerprint density at radius 2 is 0.779 bits per heavy atom. The Morgan fingerprint density at radius 3 is 1.17 bits per heavy atom. The average molecular weight is 2100 g/mol. The predicted molar refractivity (Wildman–Crippen MR) is 578 cm³/mol. The Morgan fingerprint density at radius 1 is 0.414 bits per heavy atom. The molecule has 38 nitrogen and oxygen atoms in total. The van der Waals surface area contributed by atoms with Gasteiger partial charge in [0.1, 0.15) is 60.6 Å². The number of carbonyl (C=O) groups excluding carboxylic acids is 2. The first kappa shape index (κ1) is 111. The van der Waals surface area contributed by atoms with Gasteiger partial charge in [-0.1, -0.05) is 125 Å². The SMILES string of the molecule is CC(C)(C)OC(=O)N1CCc2cc(N)ccc2C1.CC(C)(C)c1nccc(Br)n1.CC(C)n1c(=O)c2cnc(Nc3ccc4c(c3)CCN(C(=O)OC(C)(C)C)C4)nc2n1-c1ccnc(C(C)(C)C)n1.CC(C)n1c(=O)c2cnc(Nc3ccc4c(c3)CCNC4)nc2n1-c1ccnc(C(C)(C)C)n1.CSc1ncc2c(=O)n(C(C)C)[nH]c2n1.CSc1ncc2c(=O)n(C(C)C)n(-c3ccnc(C(C)(C)C)n3)c2n1.Cl. The van der Waals surface area contributed by atoms with Crippen LogP contribution in [0.1, 0.15) is 261 Å². The van der Waals surface area contributed by atoms with Gasteiger partial charge in [0, 0.05) is 163 Å². The summed E-state index contributed by atoms with van der Waals surface area (Å²) in [5.74, 6) is 5.55. The molecule has 0 saturated heterocycles. The lowest BCUT2D eigenvalue weighted by molar-refractivity contribution is 0.0214. The van der Waals surface area contributed by atoms with Gasteiger partial charge >= 0.3 is 12.2 Å². The number of H-pyrrole nitrogens is 1. The minimum atomic E-state index is -0.532. The highest BCUT2D eigenvalue weighted by molar-refractivity contribution is 9.10. The van der Waals surface area contributed by atoms with Crippen LogP contribution in [-0.4, -0.2) is 183 Å². The number of amides is 2. The minimum absolute atomic E-state index is 0. The number of carbonyl (C=O) groups is 2. The van der Waals surface area contributed by atoms with Gasteiger partial charge in [0.25, 0.3) is 22.2 Å². The van der Waals surface area contributed by atoms with Crippen LogP contribution in [0.3, 0.4) is 0 Å². The fourth-order valence-electron chi connectivity index (χ4n) is 15.8. The number of aromatic nitrogens is 24. The standard InChI is InChI=1S/C30H38N8O3.C25H30N8O.C17H22N6OS.C14H20N2O2.C9H12N4OS.C8H11BrN2.ClH/c1-18(2)37-25(39)22-16-32-27(35-24(22)38(37)23-11-13-31-26(34-23)29(3,4)5)33-21-10-9-20-17-36(14-12-19(20)15-21)28(40)41-30(6,7)8;1-15(2)32-22(34)19-14-28-24(29-18-7-6-17-13-26-10-8-16(17)12-18)31-21(19)33(32)20-9-11-27-23(30-20)25(3,4)5;1-10(2)22-14(24)11-9-19-16(25-6)21-13(11)23(22)12-7-8-18-15(20-12)17(3,4)5;1-14(2,3)18-13(17)16-7-6-10-8-12(15)5-4-11(10)9-16;1-5(2)13-8(14)6-4-10-9(15-3)11-7(6)12-13;1-8(2,3)7-10-5-4-6(9)11-7;/h9-11,13,15-16,18H,12,14,17H2,1-8H3,(H,32,33,35);6-7,9,11-12,14-15,26H,8,10,13H2,1-5H3,(H,28,29,31);7-10H,1-6H3;4-5,8H,6-7,9,15H2,1-3H3;4-5H,1-3H3,(H,10,11,12);4-5H,1-3H3;1H. The summed E-state index contributed by atoms with van der Waals surface area (Å²) >= 11 is 6.20. The van der Waals surface area contributed by atoms with Crippen molar-refractivity contribution in [3.05, 3.63) is 231 Å². The van der Waals surface area contributed by atoms with Gasteiger partial charge in [0.2, 0.25) is 11.9 Å². The van der Waals surface area contributed by atoms with E-state index in [0.29, 0.717) is 134 Å². The number of thioether (sulfide) groups is 2. The third kappa shape index (κ3) is 26.7. The number of hydrogen-bond acceptors (Lipinski definition) is 30. The molecule has 3 aliphatic rings. The normalized spacial score (nSPS) is 13.3. The van der Waals surface area contributed by atoms with Crippen LogP contribution in [0.4, 0.5) is 38.5 Å². The van der Waals surface area contributed by atoms with Crippen molar-refractivity contribution in [2.24, 2.45) is 0 Å². The largest absolute Gasteiger partial charge is 0.444 e. The molecule has 2 amide bonds. The van der Waals surface area contributed by atoms with Crippen molar-refractivity contribution >= 4 is 137 Å². The van der Waals surface area contributed by atoms with E-state index in [1.165, 1.54) is 40.2 Å². The van der Waals surface area contributed by atoms with E-state index < -0.39 is 11.2 Å². The number of aromatic amines is 1. The predicted octanol–water partition coefficient (Wildman–Crippen LogP) is 18.8. The number of nitrogens with two attached hydrogens (primary N) is 1. The van der Waals surface area contributed by atoms with Gasteiger partial charge in [-0.3, -0.25) is 24.3 Å². The van der Waals surface area contributed by atoms with Crippen LogP contribution in [-0.2, 0) is 70.0 Å². The second-order valence-corrected chi connectivity index (χ2v) is 44.9. The molecule has 15 aromatic rings. The number of ether oxygens (including phenoxy) is 2. The number of rotatable bonds is 13. The van der Waals surface area contributed by atoms with E-state index >= 15 is 0 Å². The number of nitrogen functional groups attached to an aromatic ring is 1. The molecular formula is C103H134BrClN30O8S2. The van der Waals surface area contributed by atoms with Crippen LogP contribution in [0.5, 0.6) is 0 Å². The Bertz CT molecular complexity index is 7470. The molecule has 0 aliphatic carbocycles. The van der Waals surface area contributed by atoms with Crippen LogP contribution in [0.15, 0.2) is 163 Å². The van der Waals surface area contributed by atoms with Gasteiger partial charge in [-0.25, -0.2) is 112 Å². The maximum Gasteiger partial charge on any atom is 0.410 e. The topological polar surface area (TPSA) is 446 Å². The third-order valence-electron chi connectivity index (χ3n) is 22.9. The molecule has 15 heterocycles. The second kappa shape index (κ2) is 45.2. The Hall–Kier alpha value is -13.3. The summed E-state index contributed by atoms with van der Waals surface area (Å²) in [6.45, 7) is 55.9. The molecule has 145 heavy (non-hydrogen) atoms. The van der Waals surface area contributed by atoms with Gasteiger partial charge in [-0.05, 0) is 227 Å². The van der Waals surface area contributed by atoms with E-state index in [1.807, 2.05) is 173 Å². The Balaban J connectivity index is 0.000000163. The van der Waals surface area contributed by atoms with E-state index in [1.54, 1.807) is 110 Å². The molecule has 3 aliphatic heterocycles. The van der Waals surface area contributed by atoms with E-state index in [9.17, 15) is 28.8 Å². The molecule has 18 rings (SSSR count). The van der Waals surface area contributed by atoms with Crippen LogP contribution in [0.25, 0.3) is 61.6 Å². The van der Waals surface area contributed by atoms with E-state index in [4.69, 9.17) is 40.1 Å². The van der Waals surface area contributed by atoms with Crippen molar-refractivity contribution < 1.29 is 19.1 Å². The zero-order chi connectivity index (χ0) is 105. The molecule has 6 N–H and O–H groups in total. The Kier molecular flexibility index (Phi) is 34.4. The van der Waals surface area contributed by atoms with Crippen molar-refractivity contribution in [1.29, 1.82) is 0 Å². The number of anilines is 5. The zero-order valence-corrected chi connectivity index (χ0v) is 92.0. The van der Waals surface area contributed by atoms with E-state index in [0.717, 1.165) is 70.1 Å². The quantitative estimate of drug-likeness (QED) is 0.0310. The number of benzene rings is 3. The molecule has 0 bridgehead atoms. The summed E-state index contributed by atoms with van der Waals surface area (Å²) < 4.78 is 23.6. The van der Waals surface area contributed by atoms with E-state index in [-0.39, 0.29) is 92.7 Å². The highest BCUT2D eigenvalue weighted by Gasteiger charge is 2.33. The Labute approximate surface area is 866 Å². The van der Waals surface area contributed by atoms with Gasteiger partial charge in [-0.2, -0.15) is 9.97 Å². The highest BCUT2D eigenvalue weighted by atomic mass is 79.9. The fraction of sp³-hybridized carbons (Fsp3) is 0.456. The van der Waals surface area contributed by atoms with Crippen LogP contribution in [0, 0.1) is 0 Å². The van der Waals surface area contributed by atoms with Gasteiger partial charge in [0.05, 0.1) is 0 Å². The first-order chi connectivity index (χ1) is 67.6. The van der Waals surface area contributed by atoms with Crippen molar-refractivity contribution in [3.63, 3.8) is 0 Å². The molecule has 770 valence electrons. The third-order valence-corrected chi connectivity index (χ3v) is 24.5. The van der Waals surface area contributed by atoms with Crippen LogP contribution < -0.4 is 43.9 Å². The number of fused-ring (bicyclic) bond motifs is 7. The molecule has 3 aromatic carbocycles. The zero-order valence-electron chi connectivity index (χ0n) is 87.9. The van der Waals surface area contributed by atoms with Gasteiger partial charge in [-0.15, -0.1) is 12.4 Å². The summed E-state index contributed by atoms with van der Waals surface area (Å²) in [6.07, 6.45) is 19.0. The number of nitrogens with one attached hydrogen (secondary N) is 4. The molecule has 0 atom stereocenters. The first-order valence-electron chi connectivity index (χ1n) is 48.0. The second-order valence-electron chi connectivity index (χ2n) is 42.5. The van der Waals surface area contributed by atoms with Crippen molar-refractivity contribution in [2.75, 3.05) is 48.5 Å². The lowest BCUT2D eigenvalue weighted by Gasteiger charge is -2.31. The smallest absolute Gasteiger partial charge is 0.410 e. The van der Waals surface area contributed by atoms with Crippen molar-refractivity contribution in [3.8, 4) is 17.5 Å². The molecule has 0 unspecified atom stereocenters. The maximum absolute atomic E-state index is 13.4. The average Bonchev–Trinajstić information content (AvgIpc) is 1.60. The monoisotopic (exact) mass is 2100 g/mol. The first-order valence-corrected chi connectivity index (χ1v) is 51.3. The fourth-order valence-corrected chi connectivity index (χ4v) is 16.8. The molecule has 0 saturated carbocycles. The lowest BCUT2D eigenvalue weighted by atomic mass is 9.96. The van der Waals surface area contributed by atoms with E-state index in [2.05, 4.69) is 172 Å². The highest BCUT2D eigenvalue weighted by Crippen LogP contribution is 2.33. The minimum Gasteiger partial charge on any atom is -0.444 e. The summed E-state index contributed by atoms with van der Waals surface area (Å²) in [6, 6.07) is 25.2. The molecule has 12 aromatic heterocycles. The number of hydrogen-bond donors (Lipinski definition) is 5. The molecular weight excluding hydrogens is 1960 g/mol. The summed E-state index contributed by atoms with van der Waals surface area (Å²) in [7, 11) is 0.